The number of hydrogen-bond acceptors (Lipinski definition) is 4. The molecule has 0 spiro atoms. The number of rotatable bonds is 7. The van der Waals surface area contributed by atoms with Gasteiger partial charge in [-0.05, 0) is 72.1 Å². The topological polar surface area (TPSA) is 58.4 Å². The molecule has 1 aliphatic carbocycles. The number of aryl methyl sites for hydroxylation is 1. The Morgan fingerprint density at radius 2 is 2.07 bits per heavy atom. The lowest BCUT2D eigenvalue weighted by Gasteiger charge is -2.32. The summed E-state index contributed by atoms with van der Waals surface area (Å²) >= 11 is 5.82. The zero-order chi connectivity index (χ0) is 20.2. The number of unbranched alkanes of at least 4 members (excludes halogenated alkanes) is 1. The van der Waals surface area contributed by atoms with Gasteiger partial charge in [0, 0.05) is 30.1 Å². The first-order valence-electron chi connectivity index (χ1n) is 10.9. The van der Waals surface area contributed by atoms with Crippen LogP contribution in [0, 0.1) is 0 Å². The lowest BCUT2D eigenvalue weighted by Crippen LogP contribution is -2.44. The summed E-state index contributed by atoms with van der Waals surface area (Å²) in [6, 6.07) is 9.26. The highest BCUT2D eigenvalue weighted by molar-refractivity contribution is 7.80. The summed E-state index contributed by atoms with van der Waals surface area (Å²) in [6.07, 6.45) is 8.26. The minimum absolute atomic E-state index is 0.491. The maximum atomic E-state index is 5.82. The molecule has 1 aliphatic rings. The Bertz CT molecular complexity index is 992. The van der Waals surface area contributed by atoms with E-state index in [9.17, 15) is 0 Å². The van der Waals surface area contributed by atoms with Crippen molar-refractivity contribution in [3.63, 3.8) is 0 Å². The molecule has 0 bridgehead atoms. The Morgan fingerprint density at radius 1 is 1.24 bits per heavy atom. The molecule has 4 rings (SSSR count). The highest BCUT2D eigenvalue weighted by Crippen LogP contribution is 2.27. The van der Waals surface area contributed by atoms with Crippen molar-refractivity contribution in [2.75, 3.05) is 6.54 Å². The Labute approximate surface area is 177 Å². The molecule has 1 saturated carbocycles. The highest BCUT2D eigenvalue weighted by Gasteiger charge is 2.26. The van der Waals surface area contributed by atoms with Gasteiger partial charge in [0.2, 0.25) is 0 Å². The molecule has 2 heterocycles. The van der Waals surface area contributed by atoms with E-state index in [-0.39, 0.29) is 0 Å². The number of fused-ring (bicyclic) bond motifs is 3. The van der Waals surface area contributed by atoms with Gasteiger partial charge in [-0.15, -0.1) is 5.10 Å². The number of thiocarbonyl (C=S) groups is 1. The maximum absolute atomic E-state index is 5.82. The summed E-state index contributed by atoms with van der Waals surface area (Å²) in [5.74, 6) is 0. The van der Waals surface area contributed by atoms with Crippen LogP contribution in [0.25, 0.3) is 16.6 Å². The molecule has 1 aromatic carbocycles. The van der Waals surface area contributed by atoms with Gasteiger partial charge >= 0.3 is 0 Å². The van der Waals surface area contributed by atoms with Gasteiger partial charge in [0.05, 0.1) is 5.52 Å². The summed E-state index contributed by atoms with van der Waals surface area (Å²) in [6.45, 7) is 6.05. The van der Waals surface area contributed by atoms with Gasteiger partial charge in [0.15, 0.2) is 10.8 Å². The molecule has 1 fully saturated rings. The molecular formula is C22H30N6S. The third-order valence-electron chi connectivity index (χ3n) is 5.99. The number of nitrogens with one attached hydrogen (secondary N) is 1. The van der Waals surface area contributed by atoms with Gasteiger partial charge in [-0.25, -0.2) is 0 Å². The molecule has 0 radical (unpaired) electrons. The average molecular weight is 411 g/mol. The third kappa shape index (κ3) is 4.20. The van der Waals surface area contributed by atoms with Crippen molar-refractivity contribution in [2.24, 2.45) is 0 Å². The minimum atomic E-state index is 0.491. The fourth-order valence-electron chi connectivity index (χ4n) is 4.29. The van der Waals surface area contributed by atoms with Crippen LogP contribution in [0.15, 0.2) is 24.3 Å². The van der Waals surface area contributed by atoms with Crippen LogP contribution >= 0.6 is 12.2 Å². The van der Waals surface area contributed by atoms with Crippen molar-refractivity contribution in [2.45, 2.75) is 71.4 Å². The van der Waals surface area contributed by atoms with Gasteiger partial charge in [-0.3, -0.25) is 0 Å². The fraction of sp³-hybridized carbons (Fsp3) is 0.545. The third-order valence-corrected chi connectivity index (χ3v) is 6.37. The first-order chi connectivity index (χ1) is 14.2. The van der Waals surface area contributed by atoms with Gasteiger partial charge < -0.3 is 10.2 Å². The summed E-state index contributed by atoms with van der Waals surface area (Å²) in [5.41, 5.74) is 4.31. The molecule has 3 aromatic rings. The van der Waals surface area contributed by atoms with Crippen LogP contribution in [0.2, 0.25) is 0 Å². The molecule has 29 heavy (non-hydrogen) atoms. The molecule has 154 valence electrons. The molecule has 1 N–H and O–H groups in total. The van der Waals surface area contributed by atoms with Crippen molar-refractivity contribution >= 4 is 33.9 Å². The predicted molar refractivity (Wildman–Crippen MR) is 121 cm³/mol. The van der Waals surface area contributed by atoms with E-state index >= 15 is 0 Å². The number of tetrazole rings is 1. The molecule has 0 aliphatic heterocycles. The van der Waals surface area contributed by atoms with Crippen molar-refractivity contribution in [1.29, 1.82) is 0 Å². The Hall–Kier alpha value is -2.28. The van der Waals surface area contributed by atoms with E-state index < -0.39 is 0 Å². The summed E-state index contributed by atoms with van der Waals surface area (Å²) in [7, 11) is 0. The highest BCUT2D eigenvalue weighted by atomic mass is 32.1. The average Bonchev–Trinajstić information content (AvgIpc) is 3.43. The normalized spacial score (nSPS) is 14.7. The van der Waals surface area contributed by atoms with Gasteiger partial charge in [-0.2, -0.15) is 4.52 Å². The maximum Gasteiger partial charge on any atom is 0.184 e. The molecule has 2 aromatic heterocycles. The molecule has 0 saturated heterocycles. The van der Waals surface area contributed by atoms with Crippen molar-refractivity contribution in [3.05, 3.63) is 35.4 Å². The lowest BCUT2D eigenvalue weighted by molar-refractivity contribution is 0.304. The van der Waals surface area contributed by atoms with Crippen molar-refractivity contribution in [3.8, 4) is 0 Å². The zero-order valence-electron chi connectivity index (χ0n) is 17.4. The van der Waals surface area contributed by atoms with Crippen LogP contribution < -0.4 is 5.32 Å². The van der Waals surface area contributed by atoms with E-state index in [1.165, 1.54) is 36.6 Å². The van der Waals surface area contributed by atoms with E-state index in [0.29, 0.717) is 6.04 Å². The van der Waals surface area contributed by atoms with Crippen LogP contribution in [0.5, 0.6) is 0 Å². The van der Waals surface area contributed by atoms with Crippen LogP contribution in [-0.4, -0.2) is 42.6 Å². The van der Waals surface area contributed by atoms with Gasteiger partial charge in [0.25, 0.3) is 0 Å². The minimum Gasteiger partial charge on any atom is -0.363 e. The number of nitrogens with zero attached hydrogens (tertiary/aromatic N) is 5. The molecule has 6 nitrogen and oxygen atoms in total. The van der Waals surface area contributed by atoms with E-state index in [1.54, 1.807) is 0 Å². The fourth-order valence-corrected chi connectivity index (χ4v) is 4.61. The monoisotopic (exact) mass is 410 g/mol. The summed E-state index contributed by atoms with van der Waals surface area (Å²) in [4.78, 5) is 2.37. The smallest absolute Gasteiger partial charge is 0.184 e. The Morgan fingerprint density at radius 3 is 2.83 bits per heavy atom. The van der Waals surface area contributed by atoms with E-state index in [2.05, 4.69) is 63.9 Å². The first-order valence-corrected chi connectivity index (χ1v) is 11.3. The van der Waals surface area contributed by atoms with Crippen molar-refractivity contribution in [1.82, 2.24) is 30.3 Å². The Balaban J connectivity index is 1.70. The Kier molecular flexibility index (Phi) is 6.23. The van der Waals surface area contributed by atoms with Gasteiger partial charge in [-0.1, -0.05) is 39.2 Å². The number of benzene rings is 1. The second kappa shape index (κ2) is 9.03. The van der Waals surface area contributed by atoms with Gasteiger partial charge in [0.1, 0.15) is 0 Å². The molecule has 7 heteroatoms. The van der Waals surface area contributed by atoms with E-state index in [0.717, 1.165) is 54.2 Å². The van der Waals surface area contributed by atoms with Crippen molar-refractivity contribution < 1.29 is 0 Å². The lowest BCUT2D eigenvalue weighted by atomic mass is 10.1. The second-order valence-corrected chi connectivity index (χ2v) is 8.37. The predicted octanol–water partition coefficient (Wildman–Crippen LogP) is 4.26. The SMILES string of the molecule is CCCCNC(=S)N(Cc1cc2cc(CC)ccc2n2nnnc12)C1CCCC1. The van der Waals surface area contributed by atoms with Crippen LogP contribution in [0.4, 0.5) is 0 Å². The summed E-state index contributed by atoms with van der Waals surface area (Å²) in [5, 5.41) is 18.1. The molecule has 0 atom stereocenters. The van der Waals surface area contributed by atoms with E-state index in [4.69, 9.17) is 12.2 Å². The number of aromatic nitrogens is 4. The first kappa shape index (κ1) is 20.0. The second-order valence-electron chi connectivity index (χ2n) is 7.98. The van der Waals surface area contributed by atoms with E-state index in [1.807, 2.05) is 4.52 Å². The molecule has 0 amide bonds. The molecular weight excluding hydrogens is 380 g/mol. The number of pyridine rings is 1. The summed E-state index contributed by atoms with van der Waals surface area (Å²) < 4.78 is 1.87. The molecule has 0 unspecified atom stereocenters. The van der Waals surface area contributed by atoms with Crippen LogP contribution in [-0.2, 0) is 13.0 Å². The van der Waals surface area contributed by atoms with Crippen LogP contribution in [0.1, 0.15) is 63.5 Å². The standard InChI is InChI=1S/C22H30N6S/c1-3-5-12-23-22(29)27(19-8-6-7-9-19)15-18-14-17-13-16(4-2)10-11-20(17)28-21(18)24-25-26-28/h10-11,13-14,19H,3-9,12,15H2,1-2H3,(H,23,29). The van der Waals surface area contributed by atoms with Crippen LogP contribution in [0.3, 0.4) is 0 Å². The number of hydrogen-bond donors (Lipinski definition) is 1. The quantitative estimate of drug-likeness (QED) is 0.464. The zero-order valence-corrected chi connectivity index (χ0v) is 18.2. The largest absolute Gasteiger partial charge is 0.363 e.